The van der Waals surface area contributed by atoms with Crippen LogP contribution >= 0.6 is 0 Å². The van der Waals surface area contributed by atoms with Crippen LogP contribution in [-0.2, 0) is 11.2 Å². The molecule has 2 unspecified atom stereocenters. The third-order valence-electron chi connectivity index (χ3n) is 5.08. The summed E-state index contributed by atoms with van der Waals surface area (Å²) >= 11 is 0. The monoisotopic (exact) mass is 383 g/mol. The quantitative estimate of drug-likeness (QED) is 0.650. The minimum atomic E-state index is -0.323. The number of hydrazine groups is 1. The smallest absolute Gasteiger partial charge is 0.242 e. The lowest BCUT2D eigenvalue weighted by Gasteiger charge is -2.15. The minimum Gasteiger partial charge on any atom is -0.497 e. The number of benzene rings is 2. The second-order valence-corrected chi connectivity index (χ2v) is 7.03. The van der Waals surface area contributed by atoms with E-state index in [0.717, 1.165) is 29.2 Å². The largest absolute Gasteiger partial charge is 0.497 e. The number of carbonyl (C=O) groups is 1. The molecule has 1 amide bonds. The molecular formula is C22H29N3O3. The molecular weight excluding hydrogens is 354 g/mol. The molecule has 1 aliphatic rings. The van der Waals surface area contributed by atoms with Crippen molar-refractivity contribution in [3.05, 3.63) is 53.6 Å². The molecule has 1 aliphatic heterocycles. The van der Waals surface area contributed by atoms with Gasteiger partial charge in [0.1, 0.15) is 17.5 Å². The molecule has 2 aromatic carbocycles. The third kappa shape index (κ3) is 4.82. The number of hydrogen-bond donors (Lipinski definition) is 3. The second kappa shape index (κ2) is 9.57. The molecule has 0 saturated carbocycles. The maximum atomic E-state index is 12.6. The molecule has 1 saturated heterocycles. The van der Waals surface area contributed by atoms with Crippen molar-refractivity contribution in [3.63, 3.8) is 0 Å². The molecule has 28 heavy (non-hydrogen) atoms. The zero-order chi connectivity index (χ0) is 19.9. The molecule has 1 fully saturated rings. The van der Waals surface area contributed by atoms with Crippen molar-refractivity contribution < 1.29 is 14.3 Å². The number of unbranched alkanes of at least 4 members (excludes halogenated alkanes) is 1. The van der Waals surface area contributed by atoms with E-state index in [2.05, 4.69) is 35.2 Å². The van der Waals surface area contributed by atoms with Gasteiger partial charge in [-0.05, 0) is 43.0 Å². The van der Waals surface area contributed by atoms with Crippen LogP contribution in [0.4, 0.5) is 5.69 Å². The maximum Gasteiger partial charge on any atom is 0.242 e. The molecule has 0 aliphatic carbocycles. The molecule has 2 atom stereocenters. The summed E-state index contributed by atoms with van der Waals surface area (Å²) in [7, 11) is 3.26. The van der Waals surface area contributed by atoms with Crippen molar-refractivity contribution in [3.8, 4) is 11.5 Å². The summed E-state index contributed by atoms with van der Waals surface area (Å²) in [6, 6.07) is 13.5. The molecule has 1 heterocycles. The molecule has 3 rings (SSSR count). The van der Waals surface area contributed by atoms with Crippen LogP contribution in [0.2, 0.25) is 0 Å². The van der Waals surface area contributed by atoms with Crippen molar-refractivity contribution in [1.29, 1.82) is 0 Å². The Labute approximate surface area is 166 Å². The van der Waals surface area contributed by atoms with Gasteiger partial charge in [-0.3, -0.25) is 4.79 Å². The molecule has 0 bridgehead atoms. The van der Waals surface area contributed by atoms with Crippen LogP contribution in [0.15, 0.2) is 42.5 Å². The van der Waals surface area contributed by atoms with Crippen LogP contribution in [0.3, 0.4) is 0 Å². The van der Waals surface area contributed by atoms with Gasteiger partial charge in [0.15, 0.2) is 0 Å². The van der Waals surface area contributed by atoms with Crippen LogP contribution in [0.25, 0.3) is 0 Å². The summed E-state index contributed by atoms with van der Waals surface area (Å²) in [6.45, 7) is 2.19. The van der Waals surface area contributed by atoms with Crippen molar-refractivity contribution in [2.75, 3.05) is 19.5 Å². The molecule has 0 radical (unpaired) electrons. The van der Waals surface area contributed by atoms with Crippen molar-refractivity contribution >= 4 is 11.6 Å². The predicted molar refractivity (Wildman–Crippen MR) is 111 cm³/mol. The van der Waals surface area contributed by atoms with Gasteiger partial charge in [-0.25, -0.2) is 10.9 Å². The standard InChI is InChI=1S/C22H29N3O3/c1-4-5-6-15-7-9-16(10-8-15)23-22(26)20-14-19(24-25-20)18-12-11-17(27-2)13-21(18)28-3/h7-13,19-20,24-25H,4-6,14H2,1-3H3,(H,23,26). The fourth-order valence-electron chi connectivity index (χ4n) is 3.40. The SMILES string of the molecule is CCCCc1ccc(NC(=O)C2CC(c3ccc(OC)cc3OC)NN2)cc1. The number of carbonyl (C=O) groups excluding carboxylic acids is 1. The lowest BCUT2D eigenvalue weighted by Crippen LogP contribution is -2.39. The zero-order valence-electron chi connectivity index (χ0n) is 16.7. The van der Waals surface area contributed by atoms with E-state index in [1.165, 1.54) is 18.4 Å². The summed E-state index contributed by atoms with van der Waals surface area (Å²) in [6.07, 6.45) is 4.06. The van der Waals surface area contributed by atoms with E-state index in [1.807, 2.05) is 30.3 Å². The lowest BCUT2D eigenvalue weighted by molar-refractivity contribution is -0.117. The van der Waals surface area contributed by atoms with E-state index in [1.54, 1.807) is 14.2 Å². The number of anilines is 1. The van der Waals surface area contributed by atoms with Crippen molar-refractivity contribution in [2.24, 2.45) is 0 Å². The van der Waals surface area contributed by atoms with Crippen LogP contribution in [0.5, 0.6) is 11.5 Å². The first kappa shape index (κ1) is 20.2. The first-order chi connectivity index (χ1) is 13.6. The highest BCUT2D eigenvalue weighted by Crippen LogP contribution is 2.33. The first-order valence-electron chi connectivity index (χ1n) is 9.77. The minimum absolute atomic E-state index is 0.0203. The molecule has 6 heteroatoms. The summed E-state index contributed by atoms with van der Waals surface area (Å²) < 4.78 is 10.7. The number of nitrogens with one attached hydrogen (secondary N) is 3. The van der Waals surface area contributed by atoms with E-state index in [9.17, 15) is 4.79 Å². The molecule has 2 aromatic rings. The van der Waals surface area contributed by atoms with E-state index in [0.29, 0.717) is 6.42 Å². The Balaban J connectivity index is 1.60. The summed E-state index contributed by atoms with van der Waals surface area (Å²) in [5.74, 6) is 1.43. The van der Waals surface area contributed by atoms with Crippen molar-refractivity contribution in [1.82, 2.24) is 10.9 Å². The second-order valence-electron chi connectivity index (χ2n) is 7.03. The average Bonchev–Trinajstić information content (AvgIpc) is 3.23. The molecule has 0 spiro atoms. The highest BCUT2D eigenvalue weighted by atomic mass is 16.5. The van der Waals surface area contributed by atoms with Crippen LogP contribution in [-0.4, -0.2) is 26.2 Å². The topological polar surface area (TPSA) is 71.6 Å². The van der Waals surface area contributed by atoms with Gasteiger partial charge in [0.25, 0.3) is 0 Å². The van der Waals surface area contributed by atoms with E-state index < -0.39 is 0 Å². The number of ether oxygens (including phenoxy) is 2. The molecule has 3 N–H and O–H groups in total. The van der Waals surface area contributed by atoms with Gasteiger partial charge in [-0.2, -0.15) is 0 Å². The normalized spacial score (nSPS) is 18.7. The lowest BCUT2D eigenvalue weighted by atomic mass is 10.0. The number of hydrogen-bond acceptors (Lipinski definition) is 5. The van der Waals surface area contributed by atoms with Gasteiger partial charge in [0, 0.05) is 17.3 Å². The average molecular weight is 383 g/mol. The summed E-state index contributed by atoms with van der Waals surface area (Å²) in [4.78, 5) is 12.6. The van der Waals surface area contributed by atoms with Gasteiger partial charge in [-0.15, -0.1) is 0 Å². The first-order valence-corrected chi connectivity index (χ1v) is 9.77. The summed E-state index contributed by atoms with van der Waals surface area (Å²) in [5.41, 5.74) is 9.41. The predicted octanol–water partition coefficient (Wildman–Crippen LogP) is 3.59. The Bertz CT molecular complexity index is 792. The van der Waals surface area contributed by atoms with Gasteiger partial charge in [0.2, 0.25) is 5.91 Å². The van der Waals surface area contributed by atoms with Crippen LogP contribution in [0.1, 0.15) is 43.4 Å². The van der Waals surface area contributed by atoms with E-state index in [4.69, 9.17) is 9.47 Å². The number of methoxy groups -OCH3 is 2. The van der Waals surface area contributed by atoms with Gasteiger partial charge < -0.3 is 14.8 Å². The Morgan fingerprint density at radius 2 is 1.89 bits per heavy atom. The van der Waals surface area contributed by atoms with Gasteiger partial charge in [-0.1, -0.05) is 31.5 Å². The number of amides is 1. The van der Waals surface area contributed by atoms with Gasteiger partial charge in [0.05, 0.1) is 20.3 Å². The maximum absolute atomic E-state index is 12.6. The Hall–Kier alpha value is -2.57. The Morgan fingerprint density at radius 3 is 2.57 bits per heavy atom. The van der Waals surface area contributed by atoms with Crippen LogP contribution in [0, 0.1) is 0 Å². The summed E-state index contributed by atoms with van der Waals surface area (Å²) in [5, 5.41) is 2.99. The Kier molecular flexibility index (Phi) is 6.90. The van der Waals surface area contributed by atoms with Gasteiger partial charge >= 0.3 is 0 Å². The molecule has 150 valence electrons. The number of aryl methyl sites for hydroxylation is 1. The fraction of sp³-hybridized carbons (Fsp3) is 0.409. The molecule has 6 nitrogen and oxygen atoms in total. The molecule has 0 aromatic heterocycles. The van der Waals surface area contributed by atoms with E-state index >= 15 is 0 Å². The highest BCUT2D eigenvalue weighted by molar-refractivity contribution is 5.95. The van der Waals surface area contributed by atoms with E-state index in [-0.39, 0.29) is 18.0 Å². The van der Waals surface area contributed by atoms with Crippen LogP contribution < -0.4 is 25.6 Å². The third-order valence-corrected chi connectivity index (χ3v) is 5.08. The number of rotatable bonds is 8. The van der Waals surface area contributed by atoms with Crippen molar-refractivity contribution in [2.45, 2.75) is 44.7 Å². The zero-order valence-corrected chi connectivity index (χ0v) is 16.7. The fourth-order valence-corrected chi connectivity index (χ4v) is 3.40. The Morgan fingerprint density at radius 1 is 1.11 bits per heavy atom. The highest BCUT2D eigenvalue weighted by Gasteiger charge is 2.31.